The fraction of sp³-hybridized carbons (Fsp3) is 0.385. The molecule has 3 nitrogen and oxygen atoms in total. The van der Waals surface area contributed by atoms with E-state index in [1.165, 1.54) is 0 Å². The minimum Gasteiger partial charge on any atom is -0.393 e. The maximum absolute atomic E-state index is 11.7. The van der Waals surface area contributed by atoms with E-state index in [2.05, 4.69) is 5.32 Å². The molecule has 0 bridgehead atoms. The van der Waals surface area contributed by atoms with E-state index in [0.29, 0.717) is 18.0 Å². The Bertz CT molecular complexity index is 418. The van der Waals surface area contributed by atoms with Gasteiger partial charge in [-0.2, -0.15) is 0 Å². The number of nitrogens with one attached hydrogen (secondary N) is 1. The highest BCUT2D eigenvalue weighted by Crippen LogP contribution is 2.07. The van der Waals surface area contributed by atoms with Crippen molar-refractivity contribution in [3.05, 3.63) is 35.4 Å². The van der Waals surface area contributed by atoms with Crippen LogP contribution < -0.4 is 11.1 Å². The van der Waals surface area contributed by atoms with E-state index in [4.69, 9.17) is 18.0 Å². The first-order chi connectivity index (χ1) is 8.00. The third-order valence-electron chi connectivity index (χ3n) is 2.70. The van der Waals surface area contributed by atoms with Crippen LogP contribution in [0.25, 0.3) is 0 Å². The minimum atomic E-state index is 0.00222. The molecule has 0 saturated heterocycles. The predicted molar refractivity (Wildman–Crippen MR) is 73.8 cm³/mol. The van der Waals surface area contributed by atoms with Gasteiger partial charge in [-0.15, -0.1) is 0 Å². The van der Waals surface area contributed by atoms with Crippen molar-refractivity contribution < 1.29 is 4.79 Å². The monoisotopic (exact) mass is 250 g/mol. The second kappa shape index (κ2) is 6.35. The molecular formula is C13H18N2OS. The number of carbonyl (C=O) groups excluding carboxylic acids is 1. The Labute approximate surface area is 107 Å². The third kappa shape index (κ3) is 4.53. The number of benzene rings is 1. The summed E-state index contributed by atoms with van der Waals surface area (Å²) in [5, 5.41) is 2.83. The normalized spacial score (nSPS) is 11.9. The Kier molecular flexibility index (Phi) is 5.10. The average Bonchev–Trinajstić information content (AvgIpc) is 2.29. The van der Waals surface area contributed by atoms with Gasteiger partial charge in [0.25, 0.3) is 0 Å². The predicted octanol–water partition coefficient (Wildman–Crippen LogP) is 1.58. The third-order valence-corrected chi connectivity index (χ3v) is 3.11. The van der Waals surface area contributed by atoms with Crippen LogP contribution in [0, 0.1) is 12.8 Å². The van der Waals surface area contributed by atoms with Gasteiger partial charge in [-0.05, 0) is 18.1 Å². The standard InChI is InChI=1S/C13H18N2OS/c1-9-5-3-4-6-11(9)7-12(16)15-8-10(2)13(14)17/h3-6,10H,7-8H2,1-2H3,(H2,14,17)(H,15,16). The number of thiocarbonyl (C=S) groups is 1. The molecule has 1 amide bonds. The topological polar surface area (TPSA) is 55.1 Å². The maximum atomic E-state index is 11.7. The van der Waals surface area contributed by atoms with E-state index in [-0.39, 0.29) is 11.8 Å². The van der Waals surface area contributed by atoms with E-state index in [0.717, 1.165) is 11.1 Å². The molecule has 0 aliphatic rings. The van der Waals surface area contributed by atoms with Gasteiger partial charge in [0.15, 0.2) is 0 Å². The zero-order chi connectivity index (χ0) is 12.8. The summed E-state index contributed by atoms with van der Waals surface area (Å²) in [6, 6.07) is 7.87. The van der Waals surface area contributed by atoms with Gasteiger partial charge in [0.05, 0.1) is 11.4 Å². The molecule has 92 valence electrons. The molecule has 0 fully saturated rings. The van der Waals surface area contributed by atoms with E-state index in [1.807, 2.05) is 38.1 Å². The lowest BCUT2D eigenvalue weighted by atomic mass is 10.1. The largest absolute Gasteiger partial charge is 0.393 e. The molecule has 0 aliphatic heterocycles. The number of hydrogen-bond acceptors (Lipinski definition) is 2. The van der Waals surface area contributed by atoms with Crippen LogP contribution in [0.2, 0.25) is 0 Å². The summed E-state index contributed by atoms with van der Waals surface area (Å²) in [5.41, 5.74) is 7.66. The first kappa shape index (κ1) is 13.6. The second-order valence-corrected chi connectivity index (χ2v) is 4.68. The highest BCUT2D eigenvalue weighted by atomic mass is 32.1. The van der Waals surface area contributed by atoms with Gasteiger partial charge < -0.3 is 11.1 Å². The van der Waals surface area contributed by atoms with Crippen LogP contribution in [-0.2, 0) is 11.2 Å². The molecule has 1 rings (SSSR count). The van der Waals surface area contributed by atoms with Crippen LogP contribution in [0.1, 0.15) is 18.1 Å². The Hall–Kier alpha value is -1.42. The lowest BCUT2D eigenvalue weighted by Crippen LogP contribution is -2.34. The first-order valence-corrected chi connectivity index (χ1v) is 6.02. The number of rotatable bonds is 5. The molecule has 0 aromatic heterocycles. The Morgan fingerprint density at radius 1 is 1.47 bits per heavy atom. The lowest BCUT2D eigenvalue weighted by molar-refractivity contribution is -0.120. The molecule has 1 aromatic carbocycles. The smallest absolute Gasteiger partial charge is 0.224 e. The first-order valence-electron chi connectivity index (χ1n) is 5.61. The Morgan fingerprint density at radius 3 is 2.71 bits per heavy atom. The van der Waals surface area contributed by atoms with E-state index >= 15 is 0 Å². The molecule has 1 unspecified atom stereocenters. The molecule has 0 spiro atoms. The number of hydrogen-bond donors (Lipinski definition) is 2. The maximum Gasteiger partial charge on any atom is 0.224 e. The SMILES string of the molecule is Cc1ccccc1CC(=O)NCC(C)C(N)=S. The van der Waals surface area contributed by atoms with Crippen molar-refractivity contribution in [3.63, 3.8) is 0 Å². The quantitative estimate of drug-likeness (QED) is 0.780. The van der Waals surface area contributed by atoms with Crippen LogP contribution in [0.4, 0.5) is 0 Å². The van der Waals surface area contributed by atoms with E-state index < -0.39 is 0 Å². The van der Waals surface area contributed by atoms with E-state index in [9.17, 15) is 4.79 Å². The van der Waals surface area contributed by atoms with Crippen molar-refractivity contribution in [2.24, 2.45) is 11.7 Å². The molecule has 0 saturated carbocycles. The molecule has 0 aliphatic carbocycles. The highest BCUT2D eigenvalue weighted by molar-refractivity contribution is 7.80. The number of amides is 1. The molecule has 1 atom stereocenters. The molecule has 0 heterocycles. The molecule has 3 N–H and O–H groups in total. The van der Waals surface area contributed by atoms with Crippen molar-refractivity contribution in [3.8, 4) is 0 Å². The number of aryl methyl sites for hydroxylation is 1. The second-order valence-electron chi connectivity index (χ2n) is 4.21. The van der Waals surface area contributed by atoms with Gasteiger partial charge in [-0.1, -0.05) is 43.4 Å². The zero-order valence-corrected chi connectivity index (χ0v) is 11.0. The van der Waals surface area contributed by atoms with Gasteiger partial charge in [-0.25, -0.2) is 0 Å². The van der Waals surface area contributed by atoms with Crippen molar-refractivity contribution in [1.82, 2.24) is 5.32 Å². The van der Waals surface area contributed by atoms with E-state index in [1.54, 1.807) is 0 Å². The van der Waals surface area contributed by atoms with Gasteiger partial charge in [0.1, 0.15) is 0 Å². The Morgan fingerprint density at radius 2 is 2.12 bits per heavy atom. The Balaban J connectivity index is 2.46. The van der Waals surface area contributed by atoms with Crippen LogP contribution in [-0.4, -0.2) is 17.4 Å². The minimum absolute atomic E-state index is 0.00222. The van der Waals surface area contributed by atoms with Crippen molar-refractivity contribution >= 4 is 23.1 Å². The van der Waals surface area contributed by atoms with Gasteiger partial charge in [0, 0.05) is 12.5 Å². The summed E-state index contributed by atoms with van der Waals surface area (Å²) < 4.78 is 0. The summed E-state index contributed by atoms with van der Waals surface area (Å²) in [6.45, 7) is 4.40. The highest BCUT2D eigenvalue weighted by Gasteiger charge is 2.09. The molecule has 1 aromatic rings. The van der Waals surface area contributed by atoms with Crippen LogP contribution in [0.15, 0.2) is 24.3 Å². The zero-order valence-electron chi connectivity index (χ0n) is 10.2. The summed E-state index contributed by atoms with van der Waals surface area (Å²) in [5.74, 6) is 0.0354. The fourth-order valence-corrected chi connectivity index (χ4v) is 1.49. The molecule has 17 heavy (non-hydrogen) atoms. The fourth-order valence-electron chi connectivity index (χ4n) is 1.41. The molecule has 0 radical (unpaired) electrons. The van der Waals surface area contributed by atoms with Crippen LogP contribution >= 0.6 is 12.2 Å². The number of carbonyl (C=O) groups is 1. The van der Waals surface area contributed by atoms with Crippen molar-refractivity contribution in [1.29, 1.82) is 0 Å². The van der Waals surface area contributed by atoms with Crippen LogP contribution in [0.5, 0.6) is 0 Å². The van der Waals surface area contributed by atoms with Crippen LogP contribution in [0.3, 0.4) is 0 Å². The summed E-state index contributed by atoms with van der Waals surface area (Å²) >= 11 is 4.85. The van der Waals surface area contributed by atoms with Crippen molar-refractivity contribution in [2.45, 2.75) is 20.3 Å². The molecule has 4 heteroatoms. The number of nitrogens with two attached hydrogens (primary N) is 1. The summed E-state index contributed by atoms with van der Waals surface area (Å²) in [7, 11) is 0. The summed E-state index contributed by atoms with van der Waals surface area (Å²) in [4.78, 5) is 12.1. The van der Waals surface area contributed by atoms with Gasteiger partial charge >= 0.3 is 0 Å². The summed E-state index contributed by atoms with van der Waals surface area (Å²) in [6.07, 6.45) is 0.400. The van der Waals surface area contributed by atoms with Gasteiger partial charge in [-0.3, -0.25) is 4.79 Å². The van der Waals surface area contributed by atoms with Crippen molar-refractivity contribution in [2.75, 3.05) is 6.54 Å². The average molecular weight is 250 g/mol. The molecular weight excluding hydrogens is 232 g/mol. The lowest BCUT2D eigenvalue weighted by Gasteiger charge is -2.11. The van der Waals surface area contributed by atoms with Gasteiger partial charge in [0.2, 0.25) is 5.91 Å².